The molecule has 0 saturated heterocycles. The molecular formula is C17H26N2O. The standard InChI is InChI=1S/C17H26N2O/c1-20-17-5-3-2-4-14(17)16(10-18)19-11-15(12-6-7-12)13-8-9-13/h2-5,12-13,15-16,19H,6-11,18H2,1H3. The first-order valence-corrected chi connectivity index (χ1v) is 7.90. The lowest BCUT2D eigenvalue weighted by Crippen LogP contribution is -2.33. The molecule has 1 unspecified atom stereocenters. The average molecular weight is 274 g/mol. The normalized spacial score (nSPS) is 20.1. The van der Waals surface area contributed by atoms with Crippen molar-refractivity contribution in [1.29, 1.82) is 0 Å². The van der Waals surface area contributed by atoms with Crippen LogP contribution in [0.25, 0.3) is 0 Å². The summed E-state index contributed by atoms with van der Waals surface area (Å²) >= 11 is 0. The Kier molecular flexibility index (Phi) is 4.27. The van der Waals surface area contributed by atoms with Crippen LogP contribution < -0.4 is 15.8 Å². The van der Waals surface area contributed by atoms with E-state index in [0.717, 1.165) is 30.0 Å². The maximum Gasteiger partial charge on any atom is 0.123 e. The first-order valence-electron chi connectivity index (χ1n) is 7.90. The summed E-state index contributed by atoms with van der Waals surface area (Å²) in [5, 5.41) is 3.70. The zero-order valence-corrected chi connectivity index (χ0v) is 12.3. The van der Waals surface area contributed by atoms with Crippen molar-refractivity contribution in [2.45, 2.75) is 31.7 Å². The van der Waals surface area contributed by atoms with E-state index in [2.05, 4.69) is 17.4 Å². The average Bonchev–Trinajstić information content (AvgIpc) is 3.37. The minimum absolute atomic E-state index is 0.200. The number of benzene rings is 1. The number of hydrogen-bond donors (Lipinski definition) is 2. The first kappa shape index (κ1) is 13.9. The summed E-state index contributed by atoms with van der Waals surface area (Å²) in [5.41, 5.74) is 7.16. The van der Waals surface area contributed by atoms with Crippen LogP contribution in [0.3, 0.4) is 0 Å². The summed E-state index contributed by atoms with van der Waals surface area (Å²) in [6, 6.07) is 8.39. The van der Waals surface area contributed by atoms with Gasteiger partial charge in [0.25, 0.3) is 0 Å². The Hall–Kier alpha value is -1.06. The van der Waals surface area contributed by atoms with Crippen LogP contribution in [0.15, 0.2) is 24.3 Å². The maximum atomic E-state index is 5.98. The Bertz CT molecular complexity index is 428. The van der Waals surface area contributed by atoms with Crippen LogP contribution in [-0.2, 0) is 0 Å². The van der Waals surface area contributed by atoms with Gasteiger partial charge in [-0.25, -0.2) is 0 Å². The third-order valence-corrected chi connectivity index (χ3v) is 4.81. The van der Waals surface area contributed by atoms with Gasteiger partial charge in [-0.15, -0.1) is 0 Å². The smallest absolute Gasteiger partial charge is 0.123 e. The number of hydrogen-bond acceptors (Lipinski definition) is 3. The third-order valence-electron chi connectivity index (χ3n) is 4.81. The van der Waals surface area contributed by atoms with Crippen molar-refractivity contribution >= 4 is 0 Å². The van der Waals surface area contributed by atoms with E-state index in [-0.39, 0.29) is 6.04 Å². The van der Waals surface area contributed by atoms with Gasteiger partial charge in [-0.2, -0.15) is 0 Å². The second-order valence-corrected chi connectivity index (χ2v) is 6.28. The van der Waals surface area contributed by atoms with E-state index in [1.807, 2.05) is 12.1 Å². The van der Waals surface area contributed by atoms with Crippen LogP contribution in [0.5, 0.6) is 5.75 Å². The van der Waals surface area contributed by atoms with Gasteiger partial charge >= 0.3 is 0 Å². The monoisotopic (exact) mass is 274 g/mol. The summed E-state index contributed by atoms with van der Waals surface area (Å²) < 4.78 is 5.46. The van der Waals surface area contributed by atoms with E-state index in [1.54, 1.807) is 7.11 Å². The number of ether oxygens (including phenoxy) is 1. The Morgan fingerprint density at radius 1 is 1.20 bits per heavy atom. The molecule has 3 N–H and O–H groups in total. The molecule has 2 aliphatic rings. The fourth-order valence-electron chi connectivity index (χ4n) is 3.32. The van der Waals surface area contributed by atoms with Crippen molar-refractivity contribution in [2.75, 3.05) is 20.2 Å². The Morgan fingerprint density at radius 3 is 2.40 bits per heavy atom. The van der Waals surface area contributed by atoms with Crippen molar-refractivity contribution < 1.29 is 4.74 Å². The summed E-state index contributed by atoms with van der Waals surface area (Å²) in [5.74, 6) is 3.76. The van der Waals surface area contributed by atoms with E-state index >= 15 is 0 Å². The fraction of sp³-hybridized carbons (Fsp3) is 0.647. The highest BCUT2D eigenvalue weighted by Crippen LogP contribution is 2.49. The number of methoxy groups -OCH3 is 1. The van der Waals surface area contributed by atoms with Gasteiger partial charge in [0, 0.05) is 18.2 Å². The van der Waals surface area contributed by atoms with E-state index in [4.69, 9.17) is 10.5 Å². The molecule has 1 atom stereocenters. The minimum Gasteiger partial charge on any atom is -0.496 e. The molecule has 3 nitrogen and oxygen atoms in total. The number of para-hydroxylation sites is 1. The molecule has 0 spiro atoms. The summed E-state index contributed by atoms with van der Waals surface area (Å²) in [4.78, 5) is 0. The highest BCUT2D eigenvalue weighted by molar-refractivity contribution is 5.36. The predicted octanol–water partition coefficient (Wildman–Crippen LogP) is 2.72. The molecule has 1 aromatic rings. The number of nitrogens with two attached hydrogens (primary N) is 1. The predicted molar refractivity (Wildman–Crippen MR) is 81.7 cm³/mol. The molecule has 0 radical (unpaired) electrons. The van der Waals surface area contributed by atoms with E-state index in [0.29, 0.717) is 6.54 Å². The Balaban J connectivity index is 1.63. The molecule has 0 amide bonds. The molecule has 0 bridgehead atoms. The summed E-state index contributed by atoms with van der Waals surface area (Å²) in [6.07, 6.45) is 5.74. The topological polar surface area (TPSA) is 47.3 Å². The van der Waals surface area contributed by atoms with E-state index in [1.165, 1.54) is 31.2 Å². The zero-order chi connectivity index (χ0) is 13.9. The second kappa shape index (κ2) is 6.15. The van der Waals surface area contributed by atoms with Crippen molar-refractivity contribution in [1.82, 2.24) is 5.32 Å². The largest absolute Gasteiger partial charge is 0.496 e. The molecule has 20 heavy (non-hydrogen) atoms. The second-order valence-electron chi connectivity index (χ2n) is 6.28. The van der Waals surface area contributed by atoms with E-state index < -0.39 is 0 Å². The van der Waals surface area contributed by atoms with Gasteiger partial charge in [0.15, 0.2) is 0 Å². The maximum absolute atomic E-state index is 5.98. The molecule has 2 fully saturated rings. The van der Waals surface area contributed by atoms with E-state index in [9.17, 15) is 0 Å². The van der Waals surface area contributed by atoms with Gasteiger partial charge in [-0.05, 0) is 56.0 Å². The molecule has 0 aliphatic heterocycles. The molecule has 0 heterocycles. The Morgan fingerprint density at radius 2 is 1.85 bits per heavy atom. The third kappa shape index (κ3) is 3.15. The van der Waals surface area contributed by atoms with Crippen molar-refractivity contribution in [3.8, 4) is 5.75 Å². The lowest BCUT2D eigenvalue weighted by molar-refractivity contribution is 0.350. The molecule has 0 aromatic heterocycles. The molecule has 2 saturated carbocycles. The molecule has 3 rings (SSSR count). The van der Waals surface area contributed by atoms with Crippen LogP contribution in [0.1, 0.15) is 37.3 Å². The SMILES string of the molecule is COc1ccccc1C(CN)NCC(C1CC1)C1CC1. The highest BCUT2D eigenvalue weighted by Gasteiger charge is 2.41. The molecule has 3 heteroatoms. The molecule has 2 aliphatic carbocycles. The van der Waals surface area contributed by atoms with Gasteiger partial charge in [0.2, 0.25) is 0 Å². The van der Waals surface area contributed by atoms with Gasteiger partial charge in [-0.3, -0.25) is 0 Å². The lowest BCUT2D eigenvalue weighted by Gasteiger charge is -2.23. The first-order chi connectivity index (χ1) is 9.83. The van der Waals surface area contributed by atoms with Crippen LogP contribution in [0.4, 0.5) is 0 Å². The molecule has 110 valence electrons. The van der Waals surface area contributed by atoms with Gasteiger partial charge < -0.3 is 15.8 Å². The minimum atomic E-state index is 0.200. The fourth-order valence-corrected chi connectivity index (χ4v) is 3.32. The van der Waals surface area contributed by atoms with Crippen LogP contribution >= 0.6 is 0 Å². The van der Waals surface area contributed by atoms with Crippen LogP contribution in [0, 0.1) is 17.8 Å². The van der Waals surface area contributed by atoms with Gasteiger partial charge in [0.05, 0.1) is 7.11 Å². The van der Waals surface area contributed by atoms with Gasteiger partial charge in [0.1, 0.15) is 5.75 Å². The summed E-state index contributed by atoms with van der Waals surface area (Å²) in [6.45, 7) is 1.72. The highest BCUT2D eigenvalue weighted by atomic mass is 16.5. The van der Waals surface area contributed by atoms with Crippen LogP contribution in [-0.4, -0.2) is 20.2 Å². The molecule has 1 aromatic carbocycles. The van der Waals surface area contributed by atoms with Crippen molar-refractivity contribution in [3.05, 3.63) is 29.8 Å². The van der Waals surface area contributed by atoms with Crippen molar-refractivity contribution in [2.24, 2.45) is 23.5 Å². The molecular weight excluding hydrogens is 248 g/mol. The summed E-state index contributed by atoms with van der Waals surface area (Å²) in [7, 11) is 1.73. The Labute approximate surface area is 121 Å². The quantitative estimate of drug-likeness (QED) is 0.766. The van der Waals surface area contributed by atoms with Gasteiger partial charge in [-0.1, -0.05) is 18.2 Å². The van der Waals surface area contributed by atoms with Crippen molar-refractivity contribution in [3.63, 3.8) is 0 Å². The van der Waals surface area contributed by atoms with Crippen LogP contribution in [0.2, 0.25) is 0 Å². The lowest BCUT2D eigenvalue weighted by atomic mass is 9.96. The number of nitrogens with one attached hydrogen (secondary N) is 1. The number of rotatable bonds is 8. The zero-order valence-electron chi connectivity index (χ0n) is 12.3.